The lowest BCUT2D eigenvalue weighted by atomic mass is 10.1. The van der Waals surface area contributed by atoms with E-state index in [9.17, 15) is 9.59 Å². The molecule has 3 rings (SSSR count). The average molecular weight is 348 g/mol. The largest absolute Gasteiger partial charge is 0.492 e. The van der Waals surface area contributed by atoms with E-state index in [1.54, 1.807) is 36.2 Å². The zero-order valence-electron chi connectivity index (χ0n) is 14.5. The predicted octanol–water partition coefficient (Wildman–Crippen LogP) is 3.09. The highest BCUT2D eigenvalue weighted by atomic mass is 16.5. The fourth-order valence-electron chi connectivity index (χ4n) is 2.67. The number of fused-ring (bicyclic) bond motifs is 1. The van der Waals surface area contributed by atoms with Crippen LogP contribution >= 0.6 is 0 Å². The maximum absolute atomic E-state index is 12.3. The van der Waals surface area contributed by atoms with E-state index in [1.807, 2.05) is 42.5 Å². The molecule has 0 heterocycles. The van der Waals surface area contributed by atoms with Crippen LogP contribution < -0.4 is 10.5 Å². The van der Waals surface area contributed by atoms with Crippen molar-refractivity contribution in [2.45, 2.75) is 0 Å². The topological polar surface area (TPSA) is 72.6 Å². The normalized spacial score (nSPS) is 10.5. The lowest BCUT2D eigenvalue weighted by Crippen LogP contribution is -2.30. The van der Waals surface area contributed by atoms with Gasteiger partial charge < -0.3 is 15.4 Å². The van der Waals surface area contributed by atoms with Gasteiger partial charge in [0, 0.05) is 18.2 Å². The van der Waals surface area contributed by atoms with Crippen LogP contribution in [0.4, 0.5) is 0 Å². The molecule has 5 heteroatoms. The molecule has 0 aliphatic rings. The van der Waals surface area contributed by atoms with Crippen molar-refractivity contribution in [2.75, 3.05) is 20.2 Å². The standard InChI is InChI=1S/C21H20N2O3/c1-23(21(25)15-5-3-2-4-6-15)11-12-26-19-10-9-16-13-18(20(22)24)8-7-17(16)14-19/h2-10,13-14H,11-12H2,1H3,(H2,22,24). The minimum absolute atomic E-state index is 0.0355. The molecule has 0 unspecified atom stereocenters. The zero-order valence-corrected chi connectivity index (χ0v) is 14.5. The number of hydrogen-bond acceptors (Lipinski definition) is 3. The van der Waals surface area contributed by atoms with Crippen LogP contribution in [0.25, 0.3) is 10.8 Å². The van der Waals surface area contributed by atoms with E-state index in [2.05, 4.69) is 0 Å². The molecule has 0 atom stereocenters. The zero-order chi connectivity index (χ0) is 18.5. The van der Waals surface area contributed by atoms with E-state index in [1.165, 1.54) is 0 Å². The summed E-state index contributed by atoms with van der Waals surface area (Å²) in [5.74, 6) is 0.231. The first-order chi connectivity index (χ1) is 12.5. The summed E-state index contributed by atoms with van der Waals surface area (Å²) in [4.78, 5) is 25.2. The highest BCUT2D eigenvalue weighted by Gasteiger charge is 2.11. The van der Waals surface area contributed by atoms with Crippen LogP contribution in [0.2, 0.25) is 0 Å². The van der Waals surface area contributed by atoms with E-state index in [0.717, 1.165) is 10.8 Å². The summed E-state index contributed by atoms with van der Waals surface area (Å²) < 4.78 is 5.76. The van der Waals surface area contributed by atoms with Gasteiger partial charge >= 0.3 is 0 Å². The van der Waals surface area contributed by atoms with Crippen LogP contribution in [0, 0.1) is 0 Å². The quantitative estimate of drug-likeness (QED) is 0.744. The fraction of sp³-hybridized carbons (Fsp3) is 0.143. The Labute approximate surface area is 152 Å². The highest BCUT2D eigenvalue weighted by Crippen LogP contribution is 2.22. The monoisotopic (exact) mass is 348 g/mol. The third-order valence-electron chi connectivity index (χ3n) is 4.16. The molecule has 0 aliphatic carbocycles. The van der Waals surface area contributed by atoms with Crippen molar-refractivity contribution in [3.63, 3.8) is 0 Å². The maximum Gasteiger partial charge on any atom is 0.253 e. The predicted molar refractivity (Wildman–Crippen MR) is 101 cm³/mol. The van der Waals surface area contributed by atoms with Gasteiger partial charge in [0.25, 0.3) is 5.91 Å². The number of benzene rings is 3. The molecule has 0 radical (unpaired) electrons. The van der Waals surface area contributed by atoms with Crippen molar-refractivity contribution < 1.29 is 14.3 Å². The number of primary amides is 1. The first kappa shape index (κ1) is 17.5. The minimum Gasteiger partial charge on any atom is -0.492 e. The molecule has 0 fully saturated rings. The van der Waals surface area contributed by atoms with Crippen LogP contribution in [-0.2, 0) is 0 Å². The van der Waals surface area contributed by atoms with Crippen LogP contribution in [0.5, 0.6) is 5.75 Å². The summed E-state index contributed by atoms with van der Waals surface area (Å²) in [5.41, 5.74) is 6.44. The van der Waals surface area contributed by atoms with Crippen LogP contribution in [0.1, 0.15) is 20.7 Å². The molecular weight excluding hydrogens is 328 g/mol. The fourth-order valence-corrected chi connectivity index (χ4v) is 2.67. The first-order valence-corrected chi connectivity index (χ1v) is 8.31. The Morgan fingerprint density at radius 2 is 1.62 bits per heavy atom. The molecule has 26 heavy (non-hydrogen) atoms. The second-order valence-corrected chi connectivity index (χ2v) is 6.03. The van der Waals surface area contributed by atoms with Gasteiger partial charge in [0.2, 0.25) is 5.91 Å². The van der Waals surface area contributed by atoms with Crippen LogP contribution in [0.15, 0.2) is 66.7 Å². The van der Waals surface area contributed by atoms with Gasteiger partial charge in [-0.1, -0.05) is 30.3 Å². The number of carbonyl (C=O) groups excluding carboxylic acids is 2. The third-order valence-corrected chi connectivity index (χ3v) is 4.16. The van der Waals surface area contributed by atoms with Gasteiger partial charge in [-0.2, -0.15) is 0 Å². The maximum atomic E-state index is 12.3. The van der Waals surface area contributed by atoms with E-state index >= 15 is 0 Å². The number of hydrogen-bond donors (Lipinski definition) is 1. The number of ether oxygens (including phenoxy) is 1. The van der Waals surface area contributed by atoms with Gasteiger partial charge in [-0.3, -0.25) is 9.59 Å². The Kier molecular flexibility index (Phi) is 5.17. The van der Waals surface area contributed by atoms with Gasteiger partial charge in [-0.15, -0.1) is 0 Å². The number of carbonyl (C=O) groups is 2. The number of amides is 2. The highest BCUT2D eigenvalue weighted by molar-refractivity contribution is 5.97. The van der Waals surface area contributed by atoms with Crippen LogP contribution in [-0.4, -0.2) is 36.9 Å². The number of rotatable bonds is 6. The summed E-state index contributed by atoms with van der Waals surface area (Å²) >= 11 is 0. The molecule has 3 aromatic rings. The van der Waals surface area contributed by atoms with Crippen molar-refractivity contribution in [1.29, 1.82) is 0 Å². The Hall–Kier alpha value is -3.34. The summed E-state index contributed by atoms with van der Waals surface area (Å²) in [6, 6.07) is 20.1. The Balaban J connectivity index is 1.60. The van der Waals surface area contributed by atoms with Crippen molar-refractivity contribution in [1.82, 2.24) is 4.90 Å². The van der Waals surface area contributed by atoms with E-state index in [4.69, 9.17) is 10.5 Å². The molecule has 0 saturated heterocycles. The molecule has 0 bridgehead atoms. The lowest BCUT2D eigenvalue weighted by molar-refractivity contribution is 0.0773. The molecule has 5 nitrogen and oxygen atoms in total. The van der Waals surface area contributed by atoms with E-state index in [-0.39, 0.29) is 5.91 Å². The van der Waals surface area contributed by atoms with Crippen molar-refractivity contribution in [2.24, 2.45) is 5.73 Å². The summed E-state index contributed by atoms with van der Waals surface area (Å²) in [7, 11) is 1.75. The number of nitrogens with zero attached hydrogens (tertiary/aromatic N) is 1. The molecular formula is C21H20N2O3. The van der Waals surface area contributed by atoms with Gasteiger partial charge in [0.05, 0.1) is 6.54 Å². The molecule has 2 N–H and O–H groups in total. The molecule has 0 aliphatic heterocycles. The SMILES string of the molecule is CN(CCOc1ccc2cc(C(N)=O)ccc2c1)C(=O)c1ccccc1. The molecule has 132 valence electrons. The Morgan fingerprint density at radius 1 is 0.923 bits per heavy atom. The second-order valence-electron chi connectivity index (χ2n) is 6.03. The van der Waals surface area contributed by atoms with Crippen molar-refractivity contribution in [3.05, 3.63) is 77.9 Å². The second kappa shape index (κ2) is 7.70. The summed E-state index contributed by atoms with van der Waals surface area (Å²) in [6.45, 7) is 0.867. The van der Waals surface area contributed by atoms with Crippen molar-refractivity contribution in [3.8, 4) is 5.75 Å². The van der Waals surface area contributed by atoms with Gasteiger partial charge in [-0.25, -0.2) is 0 Å². The summed E-state index contributed by atoms with van der Waals surface area (Å²) in [6.07, 6.45) is 0. The Bertz CT molecular complexity index is 938. The van der Waals surface area contributed by atoms with E-state index < -0.39 is 5.91 Å². The molecule has 2 amide bonds. The van der Waals surface area contributed by atoms with E-state index in [0.29, 0.717) is 30.0 Å². The molecule has 0 spiro atoms. The number of nitrogens with two attached hydrogens (primary N) is 1. The molecule has 3 aromatic carbocycles. The van der Waals surface area contributed by atoms with Gasteiger partial charge in [-0.05, 0) is 47.2 Å². The minimum atomic E-state index is -0.446. The smallest absolute Gasteiger partial charge is 0.253 e. The van der Waals surface area contributed by atoms with Gasteiger partial charge in [0.15, 0.2) is 0 Å². The first-order valence-electron chi connectivity index (χ1n) is 8.31. The molecule has 0 aromatic heterocycles. The lowest BCUT2D eigenvalue weighted by Gasteiger charge is -2.17. The molecule has 0 saturated carbocycles. The Morgan fingerprint density at radius 3 is 2.35 bits per heavy atom. The summed E-state index contributed by atoms with van der Waals surface area (Å²) in [5, 5.41) is 1.88. The third kappa shape index (κ3) is 4.00. The number of likely N-dealkylation sites (N-methyl/N-ethyl adjacent to an activating group) is 1. The van der Waals surface area contributed by atoms with Crippen LogP contribution in [0.3, 0.4) is 0 Å². The average Bonchev–Trinajstić information content (AvgIpc) is 2.67. The van der Waals surface area contributed by atoms with Gasteiger partial charge in [0.1, 0.15) is 12.4 Å². The van der Waals surface area contributed by atoms with Crippen molar-refractivity contribution >= 4 is 22.6 Å².